The quantitative estimate of drug-likeness (QED) is 0.709. The fourth-order valence-electron chi connectivity index (χ4n) is 1.61. The summed E-state index contributed by atoms with van der Waals surface area (Å²) in [5, 5.41) is 8.57. The summed E-state index contributed by atoms with van der Waals surface area (Å²) >= 11 is 0. The molecule has 0 heterocycles. The fraction of sp³-hybridized carbons (Fsp3) is 0.357. The summed E-state index contributed by atoms with van der Waals surface area (Å²) in [4.78, 5) is 10.5. The fourth-order valence-corrected chi connectivity index (χ4v) is 2.78. The van der Waals surface area contributed by atoms with Crippen LogP contribution in [-0.2, 0) is 19.6 Å². The standard InChI is InChI=1S/C14H19NO5S/c1-3-20-11(2)10-15-21(18,19)13-6-4-5-12(9-13)7-8-14(16)17/h4-9,11,15H,3,10H2,1-2H3,(H,16,17)/b8-7+. The molecule has 0 radical (unpaired) electrons. The van der Waals surface area contributed by atoms with Gasteiger partial charge in [0.15, 0.2) is 0 Å². The van der Waals surface area contributed by atoms with Crippen molar-refractivity contribution in [1.29, 1.82) is 0 Å². The van der Waals surface area contributed by atoms with Crippen LogP contribution in [0.2, 0.25) is 0 Å². The highest BCUT2D eigenvalue weighted by Gasteiger charge is 2.15. The van der Waals surface area contributed by atoms with Gasteiger partial charge in [0.25, 0.3) is 0 Å². The molecule has 1 aromatic carbocycles. The predicted octanol–water partition coefficient (Wildman–Crippen LogP) is 1.49. The van der Waals surface area contributed by atoms with E-state index in [2.05, 4.69) is 4.72 Å². The number of rotatable bonds is 8. The number of carboxylic acids is 1. The van der Waals surface area contributed by atoms with Crippen molar-refractivity contribution in [3.63, 3.8) is 0 Å². The van der Waals surface area contributed by atoms with Gasteiger partial charge in [0, 0.05) is 19.2 Å². The first-order valence-corrected chi connectivity index (χ1v) is 7.96. The van der Waals surface area contributed by atoms with Crippen LogP contribution in [0, 0.1) is 0 Å². The van der Waals surface area contributed by atoms with E-state index in [1.165, 1.54) is 18.2 Å². The maximum Gasteiger partial charge on any atom is 0.328 e. The number of aliphatic carboxylic acids is 1. The molecule has 6 nitrogen and oxygen atoms in total. The van der Waals surface area contributed by atoms with E-state index in [-0.39, 0.29) is 17.5 Å². The zero-order valence-corrected chi connectivity index (χ0v) is 12.8. The second kappa shape index (κ2) is 7.92. The molecule has 0 aromatic heterocycles. The van der Waals surface area contributed by atoms with Crippen molar-refractivity contribution >= 4 is 22.1 Å². The van der Waals surface area contributed by atoms with Gasteiger partial charge in [-0.05, 0) is 37.6 Å². The van der Waals surface area contributed by atoms with E-state index in [0.29, 0.717) is 12.2 Å². The zero-order chi connectivity index (χ0) is 15.9. The van der Waals surface area contributed by atoms with Crippen molar-refractivity contribution in [1.82, 2.24) is 4.72 Å². The average molecular weight is 313 g/mol. The third-order valence-electron chi connectivity index (χ3n) is 2.60. The molecule has 0 spiro atoms. The molecule has 1 aromatic rings. The van der Waals surface area contributed by atoms with Crippen molar-refractivity contribution in [2.24, 2.45) is 0 Å². The van der Waals surface area contributed by atoms with Gasteiger partial charge in [0.1, 0.15) is 0 Å². The molecule has 21 heavy (non-hydrogen) atoms. The minimum atomic E-state index is -3.65. The Kier molecular flexibility index (Phi) is 6.54. The Morgan fingerprint density at radius 3 is 2.81 bits per heavy atom. The molecular weight excluding hydrogens is 294 g/mol. The number of hydrogen-bond donors (Lipinski definition) is 2. The molecule has 0 saturated carbocycles. The molecule has 0 aliphatic heterocycles. The van der Waals surface area contributed by atoms with Gasteiger partial charge < -0.3 is 9.84 Å². The highest BCUT2D eigenvalue weighted by atomic mass is 32.2. The smallest absolute Gasteiger partial charge is 0.328 e. The molecule has 0 bridgehead atoms. The highest BCUT2D eigenvalue weighted by molar-refractivity contribution is 7.89. The van der Waals surface area contributed by atoms with E-state index >= 15 is 0 Å². The van der Waals surface area contributed by atoms with Crippen LogP contribution in [0.3, 0.4) is 0 Å². The van der Waals surface area contributed by atoms with E-state index in [9.17, 15) is 13.2 Å². The number of nitrogens with one attached hydrogen (secondary N) is 1. The molecule has 0 aliphatic carbocycles. The van der Waals surface area contributed by atoms with Crippen molar-refractivity contribution < 1.29 is 23.1 Å². The molecule has 1 atom stereocenters. The lowest BCUT2D eigenvalue weighted by atomic mass is 10.2. The lowest BCUT2D eigenvalue weighted by molar-refractivity contribution is -0.131. The molecule has 1 unspecified atom stereocenters. The average Bonchev–Trinajstić information content (AvgIpc) is 2.44. The number of carboxylic acid groups (broad SMARTS) is 1. The summed E-state index contributed by atoms with van der Waals surface area (Å²) in [6.45, 7) is 4.30. The molecule has 0 aliphatic rings. The molecule has 1 rings (SSSR count). The summed E-state index contributed by atoms with van der Waals surface area (Å²) in [7, 11) is -3.65. The summed E-state index contributed by atoms with van der Waals surface area (Å²) in [5.74, 6) is -1.09. The van der Waals surface area contributed by atoms with Crippen LogP contribution in [0.25, 0.3) is 6.08 Å². The summed E-state index contributed by atoms with van der Waals surface area (Å²) in [6, 6.07) is 6.04. The minimum absolute atomic E-state index is 0.0822. The molecule has 0 saturated heterocycles. The maximum atomic E-state index is 12.1. The van der Waals surface area contributed by atoms with Gasteiger partial charge in [0.05, 0.1) is 11.0 Å². The second-order valence-electron chi connectivity index (χ2n) is 4.36. The lowest BCUT2D eigenvalue weighted by Gasteiger charge is -2.13. The Morgan fingerprint density at radius 2 is 2.19 bits per heavy atom. The first kappa shape index (κ1) is 17.4. The maximum absolute atomic E-state index is 12.1. The van der Waals surface area contributed by atoms with Gasteiger partial charge >= 0.3 is 5.97 Å². The minimum Gasteiger partial charge on any atom is -0.478 e. The molecule has 116 valence electrons. The Morgan fingerprint density at radius 1 is 1.48 bits per heavy atom. The predicted molar refractivity (Wildman–Crippen MR) is 79.4 cm³/mol. The number of sulfonamides is 1. The van der Waals surface area contributed by atoms with E-state index in [1.54, 1.807) is 19.1 Å². The Balaban J connectivity index is 2.83. The molecule has 0 amide bonds. The zero-order valence-electron chi connectivity index (χ0n) is 11.9. The Labute approximate surface area is 124 Å². The normalized spacial score (nSPS) is 13.4. The van der Waals surface area contributed by atoms with Gasteiger partial charge in [-0.2, -0.15) is 0 Å². The lowest BCUT2D eigenvalue weighted by Crippen LogP contribution is -2.32. The summed E-state index contributed by atoms with van der Waals surface area (Å²) in [5.41, 5.74) is 0.498. The second-order valence-corrected chi connectivity index (χ2v) is 6.13. The first-order chi connectivity index (χ1) is 9.85. The van der Waals surface area contributed by atoms with E-state index < -0.39 is 16.0 Å². The topological polar surface area (TPSA) is 92.7 Å². The van der Waals surface area contributed by atoms with Crippen molar-refractivity contribution in [3.8, 4) is 0 Å². The van der Waals surface area contributed by atoms with E-state index in [0.717, 1.165) is 6.08 Å². The van der Waals surface area contributed by atoms with Crippen molar-refractivity contribution in [2.45, 2.75) is 24.8 Å². The molecule has 2 N–H and O–H groups in total. The van der Waals surface area contributed by atoms with E-state index in [4.69, 9.17) is 9.84 Å². The Bertz CT molecular complexity index is 610. The molecule has 0 fully saturated rings. The van der Waals surface area contributed by atoms with Crippen LogP contribution in [0.1, 0.15) is 19.4 Å². The largest absolute Gasteiger partial charge is 0.478 e. The van der Waals surface area contributed by atoms with Gasteiger partial charge in [-0.3, -0.25) is 0 Å². The molecule has 7 heteroatoms. The monoisotopic (exact) mass is 313 g/mol. The van der Waals surface area contributed by atoms with Gasteiger partial charge in [-0.1, -0.05) is 12.1 Å². The summed E-state index contributed by atoms with van der Waals surface area (Å²) < 4.78 is 32.0. The van der Waals surface area contributed by atoms with Gasteiger partial charge in [-0.25, -0.2) is 17.9 Å². The SMILES string of the molecule is CCOC(C)CNS(=O)(=O)c1cccc(/C=C/C(=O)O)c1. The first-order valence-electron chi connectivity index (χ1n) is 6.47. The van der Waals surface area contributed by atoms with Gasteiger partial charge in [-0.15, -0.1) is 0 Å². The third kappa shape index (κ3) is 6.07. The van der Waals surface area contributed by atoms with Crippen LogP contribution >= 0.6 is 0 Å². The number of benzene rings is 1. The molecular formula is C14H19NO5S. The Hall–Kier alpha value is -1.70. The number of carbonyl (C=O) groups is 1. The number of ether oxygens (including phenoxy) is 1. The summed E-state index contributed by atoms with van der Waals surface area (Å²) in [6.07, 6.45) is 2.07. The van der Waals surface area contributed by atoms with Crippen LogP contribution < -0.4 is 4.72 Å². The van der Waals surface area contributed by atoms with Crippen LogP contribution in [-0.4, -0.2) is 38.7 Å². The van der Waals surface area contributed by atoms with Crippen molar-refractivity contribution in [2.75, 3.05) is 13.2 Å². The van der Waals surface area contributed by atoms with Crippen molar-refractivity contribution in [3.05, 3.63) is 35.9 Å². The van der Waals surface area contributed by atoms with Gasteiger partial charge in [0.2, 0.25) is 10.0 Å². The van der Waals surface area contributed by atoms with Crippen LogP contribution in [0.4, 0.5) is 0 Å². The van der Waals surface area contributed by atoms with Crippen LogP contribution in [0.5, 0.6) is 0 Å². The van der Waals surface area contributed by atoms with E-state index in [1.807, 2.05) is 6.92 Å². The van der Waals surface area contributed by atoms with Crippen LogP contribution in [0.15, 0.2) is 35.2 Å². The third-order valence-corrected chi connectivity index (χ3v) is 4.02. The number of hydrogen-bond acceptors (Lipinski definition) is 4. The highest BCUT2D eigenvalue weighted by Crippen LogP contribution is 2.12.